The number of urea groups is 1. The highest BCUT2D eigenvalue weighted by Crippen LogP contribution is 2.27. The predicted molar refractivity (Wildman–Crippen MR) is 76.6 cm³/mol. The Morgan fingerprint density at radius 2 is 2.14 bits per heavy atom. The van der Waals surface area contributed by atoms with Gasteiger partial charge in [0, 0.05) is 18.8 Å². The van der Waals surface area contributed by atoms with Crippen molar-refractivity contribution in [2.24, 2.45) is 0 Å². The number of nitro groups is 1. The number of carbonyl (C=O) groups excluding carboxylic acids is 1. The SMILES string of the molecule is CCC(C(=O)O)N(C)C(=O)Nc1ccc(Cl)c([N+](=O)[O-])c1. The van der Waals surface area contributed by atoms with E-state index in [9.17, 15) is 19.7 Å². The maximum atomic E-state index is 11.9. The van der Waals surface area contributed by atoms with E-state index < -0.39 is 23.0 Å². The van der Waals surface area contributed by atoms with Gasteiger partial charge in [0.1, 0.15) is 11.1 Å². The van der Waals surface area contributed by atoms with Crippen LogP contribution in [0.5, 0.6) is 0 Å². The van der Waals surface area contributed by atoms with Crippen LogP contribution < -0.4 is 5.32 Å². The van der Waals surface area contributed by atoms with Crippen molar-refractivity contribution in [1.82, 2.24) is 4.90 Å². The van der Waals surface area contributed by atoms with E-state index in [0.29, 0.717) is 0 Å². The predicted octanol–water partition coefficient (Wildman–Crippen LogP) is 2.58. The average Bonchev–Trinajstić information content (AvgIpc) is 2.40. The van der Waals surface area contributed by atoms with Gasteiger partial charge in [-0.1, -0.05) is 18.5 Å². The van der Waals surface area contributed by atoms with Crippen LogP contribution in [0.25, 0.3) is 0 Å². The fraction of sp³-hybridized carbons (Fsp3) is 0.333. The number of nitrogens with zero attached hydrogens (tertiary/aromatic N) is 2. The molecule has 21 heavy (non-hydrogen) atoms. The number of nitrogens with one attached hydrogen (secondary N) is 1. The summed E-state index contributed by atoms with van der Waals surface area (Å²) in [7, 11) is 1.34. The maximum Gasteiger partial charge on any atom is 0.326 e. The molecule has 1 aromatic rings. The Balaban J connectivity index is 2.91. The number of amides is 2. The number of anilines is 1. The van der Waals surface area contributed by atoms with E-state index in [1.165, 1.54) is 19.2 Å². The van der Waals surface area contributed by atoms with Crippen molar-refractivity contribution < 1.29 is 19.6 Å². The molecule has 1 unspecified atom stereocenters. The summed E-state index contributed by atoms with van der Waals surface area (Å²) in [5.74, 6) is -1.13. The molecule has 114 valence electrons. The lowest BCUT2D eigenvalue weighted by molar-refractivity contribution is -0.384. The molecule has 0 saturated heterocycles. The molecule has 8 nitrogen and oxygen atoms in total. The third-order valence-corrected chi connectivity index (χ3v) is 3.17. The fourth-order valence-electron chi connectivity index (χ4n) is 1.70. The molecule has 9 heteroatoms. The van der Waals surface area contributed by atoms with Crippen molar-refractivity contribution in [1.29, 1.82) is 0 Å². The number of aliphatic carboxylic acids is 1. The molecule has 1 aromatic carbocycles. The molecule has 0 heterocycles. The Labute approximate surface area is 125 Å². The van der Waals surface area contributed by atoms with Crippen LogP contribution in [0.1, 0.15) is 13.3 Å². The Morgan fingerprint density at radius 1 is 1.52 bits per heavy atom. The molecule has 2 N–H and O–H groups in total. The van der Waals surface area contributed by atoms with Crippen molar-refractivity contribution in [3.8, 4) is 0 Å². The number of nitro benzene ring substituents is 1. The zero-order valence-electron chi connectivity index (χ0n) is 11.4. The summed E-state index contributed by atoms with van der Waals surface area (Å²) in [4.78, 5) is 34.0. The average molecular weight is 316 g/mol. The monoisotopic (exact) mass is 315 g/mol. The number of halogens is 1. The summed E-state index contributed by atoms with van der Waals surface area (Å²) in [6.07, 6.45) is 0.236. The fourth-order valence-corrected chi connectivity index (χ4v) is 1.88. The standard InChI is InChI=1S/C12H14ClN3O5/c1-3-9(11(17)18)15(2)12(19)14-7-4-5-8(13)10(6-7)16(20)21/h4-6,9H,3H2,1-2H3,(H,14,19)(H,17,18). The van der Waals surface area contributed by atoms with E-state index in [0.717, 1.165) is 11.0 Å². The Morgan fingerprint density at radius 3 is 2.62 bits per heavy atom. The number of hydrogen-bond acceptors (Lipinski definition) is 4. The lowest BCUT2D eigenvalue weighted by atomic mass is 10.2. The smallest absolute Gasteiger partial charge is 0.326 e. The molecule has 0 radical (unpaired) electrons. The largest absolute Gasteiger partial charge is 0.480 e. The van der Waals surface area contributed by atoms with Gasteiger partial charge in [-0.2, -0.15) is 0 Å². The highest BCUT2D eigenvalue weighted by Gasteiger charge is 2.25. The topological polar surface area (TPSA) is 113 Å². The van der Waals surface area contributed by atoms with Crippen LogP contribution in [-0.4, -0.2) is 40.0 Å². The lowest BCUT2D eigenvalue weighted by Crippen LogP contribution is -2.44. The summed E-state index contributed by atoms with van der Waals surface area (Å²) in [6, 6.07) is 2.12. The van der Waals surface area contributed by atoms with Gasteiger partial charge in [-0.25, -0.2) is 9.59 Å². The Kier molecular flexibility index (Phi) is 5.48. The van der Waals surface area contributed by atoms with E-state index in [4.69, 9.17) is 16.7 Å². The molecule has 0 saturated carbocycles. The van der Waals surface area contributed by atoms with Gasteiger partial charge in [0.15, 0.2) is 0 Å². The van der Waals surface area contributed by atoms with Gasteiger partial charge in [-0.3, -0.25) is 10.1 Å². The van der Waals surface area contributed by atoms with Gasteiger partial charge >= 0.3 is 12.0 Å². The molecule has 0 aromatic heterocycles. The summed E-state index contributed by atoms with van der Waals surface area (Å²) in [5.41, 5.74) is -0.189. The van der Waals surface area contributed by atoms with Crippen LogP contribution in [-0.2, 0) is 4.79 Å². The van der Waals surface area contributed by atoms with Crippen molar-refractivity contribution >= 4 is 35.0 Å². The summed E-state index contributed by atoms with van der Waals surface area (Å²) < 4.78 is 0. The van der Waals surface area contributed by atoms with Gasteiger partial charge < -0.3 is 15.3 Å². The zero-order chi connectivity index (χ0) is 16.2. The quantitative estimate of drug-likeness (QED) is 0.640. The first-order valence-corrected chi connectivity index (χ1v) is 6.36. The Hall–Kier alpha value is -2.35. The minimum atomic E-state index is -1.13. The summed E-state index contributed by atoms with van der Waals surface area (Å²) in [5, 5.41) is 22.1. The van der Waals surface area contributed by atoms with Crippen LogP contribution >= 0.6 is 11.6 Å². The molecule has 1 rings (SSSR count). The zero-order valence-corrected chi connectivity index (χ0v) is 12.1. The third-order valence-electron chi connectivity index (χ3n) is 2.85. The number of carbonyl (C=O) groups is 2. The highest BCUT2D eigenvalue weighted by atomic mass is 35.5. The molecular formula is C12H14ClN3O5. The first-order chi connectivity index (χ1) is 9.77. The minimum Gasteiger partial charge on any atom is -0.480 e. The molecule has 2 amide bonds. The summed E-state index contributed by atoms with van der Waals surface area (Å²) in [6.45, 7) is 1.63. The lowest BCUT2D eigenvalue weighted by Gasteiger charge is -2.23. The van der Waals surface area contributed by atoms with Crippen molar-refractivity contribution in [3.05, 3.63) is 33.3 Å². The molecule has 0 aliphatic carbocycles. The van der Waals surface area contributed by atoms with Gasteiger partial charge in [0.2, 0.25) is 0 Å². The number of hydrogen-bond donors (Lipinski definition) is 2. The molecular weight excluding hydrogens is 302 g/mol. The van der Waals surface area contributed by atoms with Crippen LogP contribution in [0, 0.1) is 10.1 Å². The second-order valence-corrected chi connectivity index (χ2v) is 4.63. The Bertz CT molecular complexity index is 578. The number of carboxylic acids is 1. The van der Waals surface area contributed by atoms with Crippen molar-refractivity contribution in [2.75, 3.05) is 12.4 Å². The molecule has 0 aliphatic rings. The van der Waals surface area contributed by atoms with Crippen molar-refractivity contribution in [3.63, 3.8) is 0 Å². The van der Waals surface area contributed by atoms with E-state index in [1.807, 2.05) is 0 Å². The van der Waals surface area contributed by atoms with Crippen LogP contribution in [0.2, 0.25) is 5.02 Å². The normalized spacial score (nSPS) is 11.6. The van der Waals surface area contributed by atoms with Crippen LogP contribution in [0.3, 0.4) is 0 Å². The number of likely N-dealkylation sites (N-methyl/N-ethyl adjacent to an activating group) is 1. The highest BCUT2D eigenvalue weighted by molar-refractivity contribution is 6.32. The third kappa shape index (κ3) is 4.06. The van der Waals surface area contributed by atoms with Crippen LogP contribution in [0.4, 0.5) is 16.2 Å². The number of rotatable bonds is 5. The van der Waals surface area contributed by atoms with Crippen LogP contribution in [0.15, 0.2) is 18.2 Å². The number of carboxylic acid groups (broad SMARTS) is 1. The van der Waals surface area contributed by atoms with Gasteiger partial charge in [0.25, 0.3) is 5.69 Å². The first kappa shape index (κ1) is 16.7. The molecule has 0 fully saturated rings. The minimum absolute atomic E-state index is 0.0525. The van der Waals surface area contributed by atoms with E-state index in [2.05, 4.69) is 5.32 Å². The molecule has 0 aliphatic heterocycles. The second-order valence-electron chi connectivity index (χ2n) is 4.23. The first-order valence-electron chi connectivity index (χ1n) is 5.98. The van der Waals surface area contributed by atoms with E-state index in [-0.39, 0.29) is 22.8 Å². The maximum absolute atomic E-state index is 11.9. The molecule has 0 bridgehead atoms. The van der Waals surface area contributed by atoms with E-state index in [1.54, 1.807) is 6.92 Å². The molecule has 0 spiro atoms. The van der Waals surface area contributed by atoms with Gasteiger partial charge in [-0.05, 0) is 18.6 Å². The van der Waals surface area contributed by atoms with Gasteiger partial charge in [0.05, 0.1) is 4.92 Å². The molecule has 1 atom stereocenters. The van der Waals surface area contributed by atoms with E-state index >= 15 is 0 Å². The van der Waals surface area contributed by atoms with Crippen molar-refractivity contribution in [2.45, 2.75) is 19.4 Å². The summed E-state index contributed by atoms with van der Waals surface area (Å²) >= 11 is 5.66. The number of benzene rings is 1. The second kappa shape index (κ2) is 6.89. The van der Waals surface area contributed by atoms with Gasteiger partial charge in [-0.15, -0.1) is 0 Å².